The normalized spacial score (nSPS) is 27.6. The second-order valence-corrected chi connectivity index (χ2v) is 5.88. The van der Waals surface area contributed by atoms with Crippen LogP contribution < -0.4 is 5.32 Å². The number of ether oxygens (including phenoxy) is 1. The summed E-state index contributed by atoms with van der Waals surface area (Å²) in [4.78, 5) is 2.65. The molecule has 3 nitrogen and oxygen atoms in total. The van der Waals surface area contributed by atoms with Gasteiger partial charge in [-0.25, -0.2) is 0 Å². The van der Waals surface area contributed by atoms with Crippen molar-refractivity contribution in [2.75, 3.05) is 26.7 Å². The lowest BCUT2D eigenvalue weighted by molar-refractivity contribution is 0.0154. The van der Waals surface area contributed by atoms with Gasteiger partial charge in [-0.3, -0.25) is 4.90 Å². The molecule has 1 atom stereocenters. The third kappa shape index (κ3) is 3.44. The summed E-state index contributed by atoms with van der Waals surface area (Å²) >= 11 is 0. The minimum atomic E-state index is 0.0157. The van der Waals surface area contributed by atoms with Crippen LogP contribution in [0.1, 0.15) is 39.5 Å². The molecule has 3 heteroatoms. The SMILES string of the molecule is COC(C)(C)CCNC1CCN(C2CC2)C1. The number of rotatable bonds is 6. The minimum Gasteiger partial charge on any atom is -0.379 e. The van der Waals surface area contributed by atoms with Gasteiger partial charge in [-0.05, 0) is 46.1 Å². The van der Waals surface area contributed by atoms with Crippen molar-refractivity contribution in [3.63, 3.8) is 0 Å². The fraction of sp³-hybridized carbons (Fsp3) is 1.00. The van der Waals surface area contributed by atoms with Crippen molar-refractivity contribution in [3.8, 4) is 0 Å². The Morgan fingerprint density at radius 3 is 2.69 bits per heavy atom. The largest absolute Gasteiger partial charge is 0.379 e. The van der Waals surface area contributed by atoms with Crippen molar-refractivity contribution in [1.29, 1.82) is 0 Å². The third-order valence-corrected chi connectivity index (χ3v) is 4.00. The van der Waals surface area contributed by atoms with Gasteiger partial charge in [-0.15, -0.1) is 0 Å². The molecule has 0 bridgehead atoms. The fourth-order valence-electron chi connectivity index (χ4n) is 2.40. The van der Waals surface area contributed by atoms with Gasteiger partial charge in [-0.1, -0.05) is 0 Å². The lowest BCUT2D eigenvalue weighted by atomic mass is 10.1. The van der Waals surface area contributed by atoms with Crippen LogP contribution >= 0.6 is 0 Å². The second kappa shape index (κ2) is 5.03. The Kier molecular flexibility index (Phi) is 3.88. The Balaban J connectivity index is 1.60. The Bertz CT molecular complexity index is 226. The van der Waals surface area contributed by atoms with Crippen molar-refractivity contribution in [2.24, 2.45) is 0 Å². The molecule has 2 rings (SSSR count). The zero-order valence-corrected chi connectivity index (χ0v) is 11.0. The average molecular weight is 226 g/mol. The second-order valence-electron chi connectivity index (χ2n) is 5.88. The molecule has 0 spiro atoms. The van der Waals surface area contributed by atoms with Crippen LogP contribution in [0, 0.1) is 0 Å². The van der Waals surface area contributed by atoms with Gasteiger partial charge >= 0.3 is 0 Å². The highest BCUT2D eigenvalue weighted by Gasteiger charge is 2.34. The third-order valence-electron chi connectivity index (χ3n) is 4.00. The van der Waals surface area contributed by atoms with E-state index >= 15 is 0 Å². The number of hydrogen-bond acceptors (Lipinski definition) is 3. The van der Waals surface area contributed by atoms with Crippen LogP contribution in [0.15, 0.2) is 0 Å². The van der Waals surface area contributed by atoms with Crippen molar-refractivity contribution in [3.05, 3.63) is 0 Å². The van der Waals surface area contributed by atoms with Crippen molar-refractivity contribution < 1.29 is 4.74 Å². The van der Waals surface area contributed by atoms with Gasteiger partial charge in [0.1, 0.15) is 0 Å². The molecule has 0 aromatic rings. The molecule has 0 amide bonds. The molecular weight excluding hydrogens is 200 g/mol. The van der Waals surface area contributed by atoms with E-state index in [1.807, 2.05) is 0 Å². The summed E-state index contributed by atoms with van der Waals surface area (Å²) in [6, 6.07) is 1.65. The highest BCUT2D eigenvalue weighted by molar-refractivity contribution is 4.91. The van der Waals surface area contributed by atoms with E-state index in [1.54, 1.807) is 7.11 Å². The van der Waals surface area contributed by atoms with Gasteiger partial charge < -0.3 is 10.1 Å². The molecule has 1 unspecified atom stereocenters. The van der Waals surface area contributed by atoms with E-state index in [4.69, 9.17) is 4.74 Å². The Morgan fingerprint density at radius 2 is 2.06 bits per heavy atom. The molecule has 94 valence electrons. The maximum absolute atomic E-state index is 5.42. The number of hydrogen-bond donors (Lipinski definition) is 1. The van der Waals surface area contributed by atoms with E-state index in [2.05, 4.69) is 24.1 Å². The summed E-state index contributed by atoms with van der Waals surface area (Å²) in [5.74, 6) is 0. The Morgan fingerprint density at radius 1 is 1.31 bits per heavy atom. The first kappa shape index (κ1) is 12.3. The highest BCUT2D eigenvalue weighted by Crippen LogP contribution is 2.29. The Labute approximate surface area is 99.5 Å². The lowest BCUT2D eigenvalue weighted by Crippen LogP contribution is -2.37. The van der Waals surface area contributed by atoms with Crippen LogP contribution in [0.4, 0.5) is 0 Å². The molecular formula is C13H26N2O. The van der Waals surface area contributed by atoms with Gasteiger partial charge in [0, 0.05) is 32.3 Å². The van der Waals surface area contributed by atoms with Gasteiger partial charge in [0.2, 0.25) is 0 Å². The molecule has 0 aromatic carbocycles. The topological polar surface area (TPSA) is 24.5 Å². The summed E-state index contributed by atoms with van der Waals surface area (Å²) in [6.45, 7) is 7.94. The maximum Gasteiger partial charge on any atom is 0.0634 e. The summed E-state index contributed by atoms with van der Waals surface area (Å²) in [6.07, 6.45) is 5.28. The van der Waals surface area contributed by atoms with Crippen molar-refractivity contribution >= 4 is 0 Å². The fourth-order valence-corrected chi connectivity index (χ4v) is 2.40. The first-order valence-corrected chi connectivity index (χ1v) is 6.63. The van der Waals surface area contributed by atoms with Gasteiger partial charge in [0.05, 0.1) is 5.60 Å². The summed E-state index contributed by atoms with van der Waals surface area (Å²) in [5.41, 5.74) is 0.0157. The van der Waals surface area contributed by atoms with Crippen LogP contribution in [-0.4, -0.2) is 49.3 Å². The highest BCUT2D eigenvalue weighted by atomic mass is 16.5. The molecule has 1 N–H and O–H groups in total. The molecule has 16 heavy (non-hydrogen) atoms. The van der Waals surface area contributed by atoms with E-state index in [0.717, 1.165) is 19.0 Å². The van der Waals surface area contributed by atoms with Crippen LogP contribution in [0.3, 0.4) is 0 Å². The molecule has 2 fully saturated rings. The van der Waals surface area contributed by atoms with Crippen molar-refractivity contribution in [1.82, 2.24) is 10.2 Å². The molecule has 0 aromatic heterocycles. The molecule has 1 saturated heterocycles. The van der Waals surface area contributed by atoms with E-state index in [9.17, 15) is 0 Å². The lowest BCUT2D eigenvalue weighted by Gasteiger charge is -2.24. The maximum atomic E-state index is 5.42. The first-order chi connectivity index (χ1) is 7.61. The van der Waals surface area contributed by atoms with E-state index < -0.39 is 0 Å². The predicted octanol–water partition coefficient (Wildman–Crippen LogP) is 1.63. The zero-order valence-electron chi connectivity index (χ0n) is 11.0. The van der Waals surface area contributed by atoms with Crippen LogP contribution in [0.25, 0.3) is 0 Å². The summed E-state index contributed by atoms with van der Waals surface area (Å²) in [7, 11) is 1.80. The molecule has 1 heterocycles. The molecule has 0 radical (unpaired) electrons. The molecule has 1 aliphatic carbocycles. The van der Waals surface area contributed by atoms with Gasteiger partial charge in [0.25, 0.3) is 0 Å². The van der Waals surface area contributed by atoms with Gasteiger partial charge in [0.15, 0.2) is 0 Å². The Hall–Kier alpha value is -0.120. The average Bonchev–Trinajstić information content (AvgIpc) is 3.00. The van der Waals surface area contributed by atoms with Crippen LogP contribution in [-0.2, 0) is 4.74 Å². The smallest absolute Gasteiger partial charge is 0.0634 e. The number of nitrogens with zero attached hydrogens (tertiary/aromatic N) is 1. The standard InChI is InChI=1S/C13H26N2O/c1-13(2,16-3)7-8-14-11-6-9-15(10-11)12-4-5-12/h11-12,14H,4-10H2,1-3H3. The molecule has 1 aliphatic heterocycles. The van der Waals surface area contributed by atoms with Gasteiger partial charge in [-0.2, -0.15) is 0 Å². The van der Waals surface area contributed by atoms with E-state index in [-0.39, 0.29) is 5.60 Å². The quantitative estimate of drug-likeness (QED) is 0.745. The number of likely N-dealkylation sites (tertiary alicyclic amines) is 1. The summed E-state index contributed by atoms with van der Waals surface area (Å²) in [5, 5.41) is 3.66. The number of nitrogens with one attached hydrogen (secondary N) is 1. The van der Waals surface area contributed by atoms with Crippen LogP contribution in [0.5, 0.6) is 0 Å². The van der Waals surface area contributed by atoms with Crippen LogP contribution in [0.2, 0.25) is 0 Å². The van der Waals surface area contributed by atoms with Crippen molar-refractivity contribution in [2.45, 2.75) is 57.2 Å². The first-order valence-electron chi connectivity index (χ1n) is 6.63. The molecule has 1 saturated carbocycles. The predicted molar refractivity (Wildman–Crippen MR) is 66.7 cm³/mol. The molecule has 2 aliphatic rings. The monoisotopic (exact) mass is 226 g/mol. The minimum absolute atomic E-state index is 0.0157. The summed E-state index contributed by atoms with van der Waals surface area (Å²) < 4.78 is 5.42. The zero-order chi connectivity index (χ0) is 11.6. The number of methoxy groups -OCH3 is 1. The van der Waals surface area contributed by atoms with E-state index in [0.29, 0.717) is 6.04 Å². The van der Waals surface area contributed by atoms with E-state index in [1.165, 1.54) is 32.4 Å².